The molecule has 0 aliphatic carbocycles. The summed E-state index contributed by atoms with van der Waals surface area (Å²) in [6.07, 6.45) is 0. The molecule has 0 unspecified atom stereocenters. The first-order valence-electron chi connectivity index (χ1n) is 13.8. The molecule has 0 fully saturated rings. The maximum atomic E-state index is 13.9. The molecule has 4 rings (SSSR count). The first-order valence-corrected chi connectivity index (χ1v) is 24.0. The largest absolute Gasteiger partial charge is 0.544 e. The summed E-state index contributed by atoms with van der Waals surface area (Å²) in [7, 11) is -5.60. The van der Waals surface area contributed by atoms with Gasteiger partial charge in [0.05, 0.1) is 17.1 Å². The van der Waals surface area contributed by atoms with E-state index in [-0.39, 0.29) is 0 Å². The van der Waals surface area contributed by atoms with Crippen LogP contribution in [0.2, 0.25) is 58.9 Å². The van der Waals surface area contributed by atoms with Gasteiger partial charge in [-0.25, -0.2) is 28.1 Å². The number of aromatic nitrogens is 3. The van der Waals surface area contributed by atoms with Gasteiger partial charge in [-0.1, -0.05) is 0 Å². The normalized spacial score (nSPS) is 12.2. The lowest BCUT2D eigenvalue weighted by molar-refractivity contribution is 0.557. The van der Waals surface area contributed by atoms with Crippen LogP contribution in [0.3, 0.4) is 0 Å². The van der Waals surface area contributed by atoms with Gasteiger partial charge in [-0.15, -0.1) is 0 Å². The van der Waals surface area contributed by atoms with Crippen LogP contribution in [0, 0.1) is 0 Å². The maximum Gasteiger partial charge on any atom is 0.345 e. The van der Waals surface area contributed by atoms with Gasteiger partial charge in [0.25, 0.3) is 0 Å². The Balaban J connectivity index is 1.92. The van der Waals surface area contributed by atoms with Crippen molar-refractivity contribution in [2.24, 2.45) is 0 Å². The van der Waals surface area contributed by atoms with E-state index in [4.69, 9.17) is 13.3 Å². The van der Waals surface area contributed by atoms with Gasteiger partial charge in [-0.05, 0) is 132 Å². The van der Waals surface area contributed by atoms with Crippen LogP contribution in [0.4, 0.5) is 0 Å². The first kappa shape index (κ1) is 31.1. The molecule has 3 aromatic carbocycles. The van der Waals surface area contributed by atoms with E-state index >= 15 is 0 Å². The van der Waals surface area contributed by atoms with Crippen LogP contribution in [0.15, 0.2) is 87.2 Å². The fourth-order valence-electron chi connectivity index (χ4n) is 4.26. The lowest BCUT2D eigenvalue weighted by atomic mass is 10.3. The molecule has 0 spiro atoms. The van der Waals surface area contributed by atoms with Gasteiger partial charge in [-0.3, -0.25) is 0 Å². The van der Waals surface area contributed by atoms with Crippen molar-refractivity contribution in [1.29, 1.82) is 0 Å². The second-order valence-electron chi connectivity index (χ2n) is 13.0. The predicted octanol–water partition coefficient (Wildman–Crippen LogP) is 5.78. The standard InChI is InChI=1S/C30H39N3O6Si3/c1-40(2,3)37-25-16-10-22(11-17-25)31-28(34)32(23-12-18-26(19-13-23)38-41(4,5)6)30(36)33(29(31)35)24-14-20-27(21-15-24)39-42(7,8)9/h10-21H,1-9H3. The Hall–Kier alpha value is -3.88. The average Bonchev–Trinajstić information content (AvgIpc) is 2.84. The molecule has 0 radical (unpaired) electrons. The Morgan fingerprint density at radius 1 is 0.381 bits per heavy atom. The highest BCUT2D eigenvalue weighted by atomic mass is 28.4. The van der Waals surface area contributed by atoms with Crippen LogP contribution in [-0.4, -0.2) is 38.7 Å². The van der Waals surface area contributed by atoms with Crippen molar-refractivity contribution in [3.05, 3.63) is 104 Å². The third-order valence-electron chi connectivity index (χ3n) is 5.70. The molecule has 1 aromatic heterocycles. The van der Waals surface area contributed by atoms with E-state index in [2.05, 4.69) is 58.9 Å². The minimum atomic E-state index is -1.87. The van der Waals surface area contributed by atoms with E-state index in [9.17, 15) is 14.4 Å². The molecule has 0 aliphatic rings. The fraction of sp³-hybridized carbons (Fsp3) is 0.300. The van der Waals surface area contributed by atoms with Gasteiger partial charge in [-0.2, -0.15) is 0 Å². The third kappa shape index (κ3) is 7.49. The highest BCUT2D eigenvalue weighted by molar-refractivity contribution is 6.71. The zero-order chi connectivity index (χ0) is 31.0. The van der Waals surface area contributed by atoms with Crippen molar-refractivity contribution in [3.63, 3.8) is 0 Å². The van der Waals surface area contributed by atoms with Gasteiger partial charge in [0.2, 0.25) is 25.0 Å². The molecular weight excluding hydrogens is 583 g/mol. The number of hydrogen-bond donors (Lipinski definition) is 0. The Labute approximate surface area is 249 Å². The average molecular weight is 622 g/mol. The van der Waals surface area contributed by atoms with E-state index in [1.165, 1.54) is 0 Å². The highest BCUT2D eigenvalue weighted by Gasteiger charge is 2.22. The van der Waals surface area contributed by atoms with Crippen molar-refractivity contribution in [1.82, 2.24) is 13.7 Å². The molecule has 4 aromatic rings. The molecule has 9 nitrogen and oxygen atoms in total. The van der Waals surface area contributed by atoms with E-state index in [1.54, 1.807) is 72.8 Å². The maximum absolute atomic E-state index is 13.9. The number of nitrogens with zero attached hydrogens (tertiary/aromatic N) is 3. The van der Waals surface area contributed by atoms with E-state index in [1.807, 2.05) is 0 Å². The molecule has 42 heavy (non-hydrogen) atoms. The number of rotatable bonds is 9. The van der Waals surface area contributed by atoms with Crippen molar-refractivity contribution in [2.75, 3.05) is 0 Å². The van der Waals surface area contributed by atoms with Crippen molar-refractivity contribution in [3.8, 4) is 34.3 Å². The summed E-state index contributed by atoms with van der Waals surface area (Å²) in [5.74, 6) is 1.95. The van der Waals surface area contributed by atoms with Crippen molar-refractivity contribution >= 4 is 25.0 Å². The minimum absolute atomic E-state index is 0.313. The van der Waals surface area contributed by atoms with Crippen LogP contribution in [-0.2, 0) is 0 Å². The fourth-order valence-corrected chi connectivity index (χ4v) is 6.79. The number of hydrogen-bond acceptors (Lipinski definition) is 6. The SMILES string of the molecule is C[Si](C)(C)Oc1ccc(-n2c(=O)n(-c3ccc(O[Si](C)(C)C)cc3)c(=O)n(-c3ccc(O[Si](C)(C)C)cc3)c2=O)cc1. The molecular formula is C30H39N3O6Si3. The third-order valence-corrected chi connectivity index (χ3v) is 8.25. The second kappa shape index (κ2) is 11.4. The van der Waals surface area contributed by atoms with Gasteiger partial charge in [0.1, 0.15) is 17.2 Å². The number of benzene rings is 3. The van der Waals surface area contributed by atoms with E-state index < -0.39 is 42.0 Å². The van der Waals surface area contributed by atoms with Crippen LogP contribution >= 0.6 is 0 Å². The monoisotopic (exact) mass is 621 g/mol. The molecule has 0 atom stereocenters. The first-order chi connectivity index (χ1) is 19.4. The van der Waals surface area contributed by atoms with Crippen molar-refractivity contribution in [2.45, 2.75) is 58.9 Å². The van der Waals surface area contributed by atoms with Crippen LogP contribution < -0.4 is 30.3 Å². The van der Waals surface area contributed by atoms with Gasteiger partial charge in [0, 0.05) is 0 Å². The zero-order valence-corrected chi connectivity index (χ0v) is 28.7. The summed E-state index contributed by atoms with van der Waals surface area (Å²) in [6.45, 7) is 18.6. The summed E-state index contributed by atoms with van der Waals surface area (Å²) < 4.78 is 21.1. The summed E-state index contributed by atoms with van der Waals surface area (Å²) in [6, 6.07) is 20.2. The van der Waals surface area contributed by atoms with Crippen molar-refractivity contribution < 1.29 is 13.3 Å². The highest BCUT2D eigenvalue weighted by Crippen LogP contribution is 2.21. The second-order valence-corrected chi connectivity index (χ2v) is 26.3. The summed E-state index contributed by atoms with van der Waals surface area (Å²) in [5, 5.41) is 0. The Morgan fingerprint density at radius 3 is 0.738 bits per heavy atom. The predicted molar refractivity (Wildman–Crippen MR) is 175 cm³/mol. The molecule has 0 saturated carbocycles. The molecule has 12 heteroatoms. The molecule has 0 N–H and O–H groups in total. The Kier molecular flexibility index (Phi) is 8.45. The van der Waals surface area contributed by atoms with Gasteiger partial charge < -0.3 is 13.3 Å². The molecule has 0 bridgehead atoms. The Morgan fingerprint density at radius 2 is 0.571 bits per heavy atom. The van der Waals surface area contributed by atoms with Gasteiger partial charge in [0.15, 0.2) is 0 Å². The summed E-state index contributed by atoms with van der Waals surface area (Å²) in [5.41, 5.74) is -1.40. The summed E-state index contributed by atoms with van der Waals surface area (Å²) >= 11 is 0. The summed E-state index contributed by atoms with van der Waals surface area (Å²) in [4.78, 5) is 41.6. The molecule has 222 valence electrons. The quantitative estimate of drug-likeness (QED) is 0.220. The van der Waals surface area contributed by atoms with E-state index in [0.717, 1.165) is 13.7 Å². The smallest absolute Gasteiger partial charge is 0.345 e. The molecule has 0 amide bonds. The van der Waals surface area contributed by atoms with E-state index in [0.29, 0.717) is 34.3 Å². The van der Waals surface area contributed by atoms with Crippen LogP contribution in [0.1, 0.15) is 0 Å². The lowest BCUT2D eigenvalue weighted by Gasteiger charge is -2.20. The Bertz CT molecular complexity index is 1500. The molecule has 0 saturated heterocycles. The minimum Gasteiger partial charge on any atom is -0.544 e. The topological polar surface area (TPSA) is 93.7 Å². The van der Waals surface area contributed by atoms with Crippen LogP contribution in [0.5, 0.6) is 17.2 Å². The molecule has 1 heterocycles. The molecule has 0 aliphatic heterocycles. The van der Waals surface area contributed by atoms with Crippen LogP contribution in [0.25, 0.3) is 17.1 Å². The van der Waals surface area contributed by atoms with Gasteiger partial charge >= 0.3 is 17.1 Å². The lowest BCUT2D eigenvalue weighted by Crippen LogP contribution is -2.52. The zero-order valence-electron chi connectivity index (χ0n) is 25.7.